The number of hydrogen-bond donors (Lipinski definition) is 3. The van der Waals surface area contributed by atoms with Gasteiger partial charge in [-0.2, -0.15) is 18.3 Å². The molecule has 1 aromatic heterocycles. The number of nitrogens with two attached hydrogens (primary N) is 1. The molecule has 2 aromatic rings. The van der Waals surface area contributed by atoms with Gasteiger partial charge in [0, 0.05) is 17.1 Å². The minimum Gasteiger partial charge on any atom is -0.398 e. The van der Waals surface area contributed by atoms with Gasteiger partial charge in [-0.25, -0.2) is 0 Å². The average molecular weight is 284 g/mol. The van der Waals surface area contributed by atoms with Crippen molar-refractivity contribution >= 4 is 17.3 Å². The van der Waals surface area contributed by atoms with Crippen LogP contribution >= 0.6 is 0 Å². The van der Waals surface area contributed by atoms with Crippen molar-refractivity contribution in [3.05, 3.63) is 41.2 Å². The van der Waals surface area contributed by atoms with Gasteiger partial charge in [0.2, 0.25) is 0 Å². The second kappa shape index (κ2) is 4.87. The molecule has 20 heavy (non-hydrogen) atoms. The fourth-order valence-corrected chi connectivity index (χ4v) is 1.66. The Labute approximate surface area is 112 Å². The van der Waals surface area contributed by atoms with Crippen LogP contribution in [-0.2, 0) is 6.18 Å². The average Bonchev–Trinajstić information content (AvgIpc) is 2.76. The van der Waals surface area contributed by atoms with E-state index in [1.807, 2.05) is 0 Å². The number of anilines is 2. The van der Waals surface area contributed by atoms with Crippen LogP contribution in [0, 0.1) is 6.92 Å². The Kier molecular flexibility index (Phi) is 3.39. The van der Waals surface area contributed by atoms with Crippen LogP contribution in [0.4, 0.5) is 24.5 Å². The van der Waals surface area contributed by atoms with Crippen molar-refractivity contribution in [2.24, 2.45) is 0 Å². The molecule has 2 rings (SSSR count). The molecule has 0 atom stereocenters. The van der Waals surface area contributed by atoms with Crippen molar-refractivity contribution in [2.75, 3.05) is 11.1 Å². The SMILES string of the molecule is Cc1[nH]ncc1C(=O)Nc1ccc(N)c(C(F)(F)F)c1. The molecule has 4 N–H and O–H groups in total. The van der Waals surface area contributed by atoms with E-state index in [9.17, 15) is 18.0 Å². The van der Waals surface area contributed by atoms with Crippen LogP contribution in [0.25, 0.3) is 0 Å². The molecule has 1 amide bonds. The van der Waals surface area contributed by atoms with Gasteiger partial charge < -0.3 is 11.1 Å². The second-order valence-electron chi connectivity index (χ2n) is 4.16. The van der Waals surface area contributed by atoms with E-state index in [1.54, 1.807) is 6.92 Å². The predicted octanol–water partition coefficient (Wildman–Crippen LogP) is 2.57. The molecule has 0 fully saturated rings. The van der Waals surface area contributed by atoms with Crippen molar-refractivity contribution in [1.29, 1.82) is 0 Å². The number of nitrogen functional groups attached to an aromatic ring is 1. The van der Waals surface area contributed by atoms with Crippen LogP contribution in [0.1, 0.15) is 21.6 Å². The molecule has 1 heterocycles. The van der Waals surface area contributed by atoms with Crippen LogP contribution in [0.2, 0.25) is 0 Å². The van der Waals surface area contributed by atoms with Gasteiger partial charge in [0.05, 0.1) is 17.3 Å². The van der Waals surface area contributed by atoms with Crippen molar-refractivity contribution < 1.29 is 18.0 Å². The number of nitrogens with zero attached hydrogens (tertiary/aromatic N) is 1. The smallest absolute Gasteiger partial charge is 0.398 e. The molecule has 1 aromatic carbocycles. The first kappa shape index (κ1) is 13.9. The topological polar surface area (TPSA) is 83.8 Å². The number of H-pyrrole nitrogens is 1. The lowest BCUT2D eigenvalue weighted by Crippen LogP contribution is -2.14. The minimum absolute atomic E-state index is 0.0112. The fraction of sp³-hybridized carbons (Fsp3) is 0.167. The number of aryl methyl sites for hydroxylation is 1. The number of alkyl halides is 3. The van der Waals surface area contributed by atoms with Gasteiger partial charge in [-0.15, -0.1) is 0 Å². The summed E-state index contributed by atoms with van der Waals surface area (Å²) < 4.78 is 38.1. The Balaban J connectivity index is 2.27. The summed E-state index contributed by atoms with van der Waals surface area (Å²) in [4.78, 5) is 11.9. The third-order valence-corrected chi connectivity index (χ3v) is 2.69. The fourth-order valence-electron chi connectivity index (χ4n) is 1.66. The molecule has 0 bridgehead atoms. The monoisotopic (exact) mass is 284 g/mol. The van der Waals surface area contributed by atoms with Crippen LogP contribution in [0.3, 0.4) is 0 Å². The van der Waals surface area contributed by atoms with Crippen LogP contribution in [0.5, 0.6) is 0 Å². The number of hydrogen-bond acceptors (Lipinski definition) is 3. The summed E-state index contributed by atoms with van der Waals surface area (Å²) in [5.41, 5.74) is 4.69. The van der Waals surface area contributed by atoms with E-state index in [1.165, 1.54) is 12.3 Å². The summed E-state index contributed by atoms with van der Waals surface area (Å²) in [7, 11) is 0. The van der Waals surface area contributed by atoms with Gasteiger partial charge in [-0.1, -0.05) is 0 Å². The maximum Gasteiger partial charge on any atom is 0.418 e. The maximum atomic E-state index is 12.7. The van der Waals surface area contributed by atoms with Crippen LogP contribution in [0.15, 0.2) is 24.4 Å². The Morgan fingerprint density at radius 2 is 2.10 bits per heavy atom. The number of nitrogens with one attached hydrogen (secondary N) is 2. The zero-order chi connectivity index (χ0) is 14.9. The van der Waals surface area contributed by atoms with Gasteiger partial charge in [-0.05, 0) is 25.1 Å². The van der Waals surface area contributed by atoms with Crippen molar-refractivity contribution in [2.45, 2.75) is 13.1 Å². The summed E-state index contributed by atoms with van der Waals surface area (Å²) >= 11 is 0. The molecule has 8 heteroatoms. The highest BCUT2D eigenvalue weighted by Crippen LogP contribution is 2.35. The highest BCUT2D eigenvalue weighted by atomic mass is 19.4. The summed E-state index contributed by atoms with van der Waals surface area (Å²) in [5, 5.41) is 8.61. The molecule has 0 spiro atoms. The zero-order valence-corrected chi connectivity index (χ0v) is 10.4. The number of aromatic amines is 1. The van der Waals surface area contributed by atoms with Crippen molar-refractivity contribution in [1.82, 2.24) is 10.2 Å². The third kappa shape index (κ3) is 2.73. The molecule has 0 saturated heterocycles. The van der Waals surface area contributed by atoms with E-state index in [0.717, 1.165) is 12.1 Å². The van der Waals surface area contributed by atoms with E-state index >= 15 is 0 Å². The first-order chi connectivity index (χ1) is 9.29. The molecular formula is C12H11F3N4O. The lowest BCUT2D eigenvalue weighted by atomic mass is 10.1. The van der Waals surface area contributed by atoms with Gasteiger partial charge >= 0.3 is 6.18 Å². The molecular weight excluding hydrogens is 273 g/mol. The summed E-state index contributed by atoms with van der Waals surface area (Å²) in [6, 6.07) is 3.20. The standard InChI is InChI=1S/C12H11F3N4O/c1-6-8(5-17-19-6)11(20)18-7-2-3-10(16)9(4-7)12(13,14)15/h2-5H,16H2,1H3,(H,17,19)(H,18,20). The van der Waals surface area contributed by atoms with E-state index in [4.69, 9.17) is 5.73 Å². The van der Waals surface area contributed by atoms with E-state index in [2.05, 4.69) is 15.5 Å². The number of amides is 1. The summed E-state index contributed by atoms with van der Waals surface area (Å²) in [5.74, 6) is -0.547. The van der Waals surface area contributed by atoms with Crippen molar-refractivity contribution in [3.8, 4) is 0 Å². The summed E-state index contributed by atoms with van der Waals surface area (Å²) in [6.07, 6.45) is -3.27. The number of halogens is 3. The first-order valence-electron chi connectivity index (χ1n) is 5.57. The largest absolute Gasteiger partial charge is 0.418 e. The zero-order valence-electron chi connectivity index (χ0n) is 10.4. The molecule has 106 valence electrons. The number of benzene rings is 1. The number of rotatable bonds is 2. The second-order valence-corrected chi connectivity index (χ2v) is 4.16. The normalized spacial score (nSPS) is 11.4. The highest BCUT2D eigenvalue weighted by molar-refractivity contribution is 6.04. The van der Waals surface area contributed by atoms with Crippen LogP contribution in [-0.4, -0.2) is 16.1 Å². The Morgan fingerprint density at radius 1 is 1.40 bits per heavy atom. The maximum absolute atomic E-state index is 12.7. The highest BCUT2D eigenvalue weighted by Gasteiger charge is 2.33. The third-order valence-electron chi connectivity index (χ3n) is 2.69. The molecule has 0 radical (unpaired) electrons. The predicted molar refractivity (Wildman–Crippen MR) is 67.1 cm³/mol. The van der Waals surface area contributed by atoms with Gasteiger partial charge in [0.1, 0.15) is 0 Å². The van der Waals surface area contributed by atoms with Gasteiger partial charge in [0.15, 0.2) is 0 Å². The lowest BCUT2D eigenvalue weighted by Gasteiger charge is -2.12. The minimum atomic E-state index is -4.57. The molecule has 0 saturated carbocycles. The number of carbonyl (C=O) groups excluding carboxylic acids is 1. The van der Waals surface area contributed by atoms with E-state index < -0.39 is 23.3 Å². The molecule has 0 unspecified atom stereocenters. The quantitative estimate of drug-likeness (QED) is 0.741. The lowest BCUT2D eigenvalue weighted by molar-refractivity contribution is -0.136. The number of carbonyl (C=O) groups is 1. The van der Waals surface area contributed by atoms with Gasteiger partial charge in [0.25, 0.3) is 5.91 Å². The van der Waals surface area contributed by atoms with Crippen molar-refractivity contribution in [3.63, 3.8) is 0 Å². The Bertz CT molecular complexity index is 648. The Hall–Kier alpha value is -2.51. The molecule has 0 aliphatic rings. The van der Waals surface area contributed by atoms with E-state index in [0.29, 0.717) is 5.69 Å². The van der Waals surface area contributed by atoms with E-state index in [-0.39, 0.29) is 11.3 Å². The number of aromatic nitrogens is 2. The van der Waals surface area contributed by atoms with Gasteiger partial charge in [-0.3, -0.25) is 9.89 Å². The van der Waals surface area contributed by atoms with Crippen LogP contribution < -0.4 is 11.1 Å². The Morgan fingerprint density at radius 3 is 2.65 bits per heavy atom. The molecule has 0 aliphatic heterocycles. The molecule has 0 aliphatic carbocycles. The summed E-state index contributed by atoms with van der Waals surface area (Å²) in [6.45, 7) is 1.63. The first-order valence-corrected chi connectivity index (χ1v) is 5.57. The molecule has 5 nitrogen and oxygen atoms in total.